The van der Waals surface area contributed by atoms with Gasteiger partial charge in [0.25, 0.3) is 5.56 Å². The van der Waals surface area contributed by atoms with E-state index in [2.05, 4.69) is 18.8 Å². The molecule has 3 rings (SSSR count). The van der Waals surface area contributed by atoms with E-state index in [1.807, 2.05) is 22.6 Å². The molecule has 0 radical (unpaired) electrons. The fraction of sp³-hybridized carbons (Fsp3) is 0.562. The third-order valence-corrected chi connectivity index (χ3v) is 5.80. The Balaban J connectivity index is 1.90. The Morgan fingerprint density at radius 1 is 1.39 bits per heavy atom. The topological polar surface area (TPSA) is 55.2 Å². The lowest BCUT2D eigenvalue weighted by molar-refractivity contribution is -0.134. The number of carbonyl (C=O) groups is 1. The number of thiophene rings is 1. The second-order valence-corrected chi connectivity index (χ2v) is 8.06. The molecule has 0 unspecified atom stereocenters. The second kappa shape index (κ2) is 6.65. The van der Waals surface area contributed by atoms with E-state index in [4.69, 9.17) is 0 Å². The molecule has 1 aliphatic heterocycles. The molecule has 2 atom stereocenters. The quantitative estimate of drug-likeness (QED) is 0.630. The van der Waals surface area contributed by atoms with Gasteiger partial charge in [-0.2, -0.15) is 0 Å². The van der Waals surface area contributed by atoms with E-state index in [1.165, 1.54) is 27.7 Å². The molecule has 23 heavy (non-hydrogen) atoms. The number of carbonyl (C=O) groups excluding carboxylic acids is 1. The average Bonchev–Trinajstić information content (AvgIpc) is 2.97. The van der Waals surface area contributed by atoms with Crippen LogP contribution in [0.4, 0.5) is 0 Å². The Hall–Kier alpha value is -1.34. The number of fused-ring (bicyclic) bond motifs is 1. The summed E-state index contributed by atoms with van der Waals surface area (Å²) < 4.78 is 2.14. The van der Waals surface area contributed by atoms with Crippen LogP contribution in [0.15, 0.2) is 21.4 Å². The molecule has 0 aliphatic carbocycles. The van der Waals surface area contributed by atoms with Gasteiger partial charge in [0.15, 0.2) is 5.16 Å². The van der Waals surface area contributed by atoms with Crippen LogP contribution in [0.3, 0.4) is 0 Å². The minimum atomic E-state index is -0.110. The van der Waals surface area contributed by atoms with Crippen LogP contribution < -0.4 is 5.56 Å². The molecule has 2 aromatic heterocycles. The first-order valence-electron chi connectivity index (χ1n) is 7.79. The van der Waals surface area contributed by atoms with Gasteiger partial charge in [-0.1, -0.05) is 25.6 Å². The molecule has 1 saturated heterocycles. The normalized spacial score (nSPS) is 21.8. The number of nitrogens with zero attached hydrogens (tertiary/aromatic N) is 3. The van der Waals surface area contributed by atoms with Crippen LogP contribution in [0.25, 0.3) is 10.2 Å². The maximum absolute atomic E-state index is 12.7. The van der Waals surface area contributed by atoms with E-state index in [0.29, 0.717) is 27.2 Å². The minimum Gasteiger partial charge on any atom is -0.341 e. The van der Waals surface area contributed by atoms with Gasteiger partial charge in [-0.3, -0.25) is 14.2 Å². The average molecular weight is 351 g/mol. The number of amides is 1. The summed E-state index contributed by atoms with van der Waals surface area (Å²) in [6.45, 7) is 5.99. The zero-order chi connectivity index (χ0) is 16.6. The summed E-state index contributed by atoms with van der Waals surface area (Å²) in [5.41, 5.74) is 0.606. The SMILES string of the molecule is CSc1nc2ccsc2c(=O)n1CC(=O)N1C[C@H](C)C[C@@H](C)C1. The van der Waals surface area contributed by atoms with Crippen molar-refractivity contribution in [2.24, 2.45) is 11.8 Å². The first-order chi connectivity index (χ1) is 11.0. The lowest BCUT2D eigenvalue weighted by Gasteiger charge is -2.35. The molecule has 0 saturated carbocycles. The maximum atomic E-state index is 12.7. The molecule has 1 amide bonds. The van der Waals surface area contributed by atoms with Crippen molar-refractivity contribution < 1.29 is 4.79 Å². The van der Waals surface area contributed by atoms with Crippen molar-refractivity contribution in [2.45, 2.75) is 32.0 Å². The van der Waals surface area contributed by atoms with Crippen LogP contribution in [-0.4, -0.2) is 39.7 Å². The van der Waals surface area contributed by atoms with Gasteiger partial charge < -0.3 is 4.90 Å². The van der Waals surface area contributed by atoms with Crippen molar-refractivity contribution in [1.29, 1.82) is 0 Å². The summed E-state index contributed by atoms with van der Waals surface area (Å²) in [6.07, 6.45) is 3.04. The van der Waals surface area contributed by atoms with Crippen LogP contribution in [0, 0.1) is 11.8 Å². The summed E-state index contributed by atoms with van der Waals surface area (Å²) in [6, 6.07) is 1.85. The van der Waals surface area contributed by atoms with Gasteiger partial charge in [0, 0.05) is 13.1 Å². The first-order valence-corrected chi connectivity index (χ1v) is 9.89. The van der Waals surface area contributed by atoms with Crippen molar-refractivity contribution in [3.63, 3.8) is 0 Å². The Labute approximate surface area is 143 Å². The van der Waals surface area contributed by atoms with Crippen LogP contribution in [0.2, 0.25) is 0 Å². The molecule has 0 N–H and O–H groups in total. The number of piperidine rings is 1. The Bertz CT molecular complexity index is 773. The molecule has 1 fully saturated rings. The van der Waals surface area contributed by atoms with Gasteiger partial charge in [-0.05, 0) is 36.0 Å². The number of thioether (sulfide) groups is 1. The van der Waals surface area contributed by atoms with E-state index in [1.54, 1.807) is 0 Å². The molecule has 0 bridgehead atoms. The van der Waals surface area contributed by atoms with Gasteiger partial charge in [0.05, 0.1) is 5.52 Å². The third kappa shape index (κ3) is 3.30. The van der Waals surface area contributed by atoms with Crippen LogP contribution >= 0.6 is 23.1 Å². The molecule has 7 heteroatoms. The van der Waals surface area contributed by atoms with Gasteiger partial charge in [0.1, 0.15) is 11.2 Å². The zero-order valence-corrected chi connectivity index (χ0v) is 15.2. The summed E-state index contributed by atoms with van der Waals surface area (Å²) in [5, 5.41) is 2.47. The molecular weight excluding hydrogens is 330 g/mol. The number of hydrogen-bond donors (Lipinski definition) is 0. The van der Waals surface area contributed by atoms with E-state index >= 15 is 0 Å². The van der Waals surface area contributed by atoms with Crippen LogP contribution in [0.5, 0.6) is 0 Å². The number of likely N-dealkylation sites (tertiary alicyclic amines) is 1. The predicted molar refractivity (Wildman–Crippen MR) is 95.2 cm³/mol. The second-order valence-electron chi connectivity index (χ2n) is 6.37. The smallest absolute Gasteiger partial charge is 0.272 e. The molecule has 2 aromatic rings. The summed E-state index contributed by atoms with van der Waals surface area (Å²) >= 11 is 2.78. The highest BCUT2D eigenvalue weighted by molar-refractivity contribution is 7.98. The fourth-order valence-corrected chi connectivity index (χ4v) is 4.66. The fourth-order valence-electron chi connectivity index (χ4n) is 3.32. The van der Waals surface area contributed by atoms with Crippen molar-refractivity contribution in [3.05, 3.63) is 21.8 Å². The van der Waals surface area contributed by atoms with Crippen molar-refractivity contribution >= 4 is 39.2 Å². The predicted octanol–water partition coefficient (Wildman–Crippen LogP) is 2.68. The lowest BCUT2D eigenvalue weighted by atomic mass is 9.92. The largest absolute Gasteiger partial charge is 0.341 e. The summed E-state index contributed by atoms with van der Waals surface area (Å²) in [5.74, 6) is 1.04. The first kappa shape index (κ1) is 16.5. The Morgan fingerprint density at radius 2 is 2.09 bits per heavy atom. The van der Waals surface area contributed by atoms with E-state index in [9.17, 15) is 9.59 Å². The van der Waals surface area contributed by atoms with Gasteiger partial charge in [-0.15, -0.1) is 11.3 Å². The highest BCUT2D eigenvalue weighted by Gasteiger charge is 2.26. The molecular formula is C16H21N3O2S2. The highest BCUT2D eigenvalue weighted by atomic mass is 32.2. The minimum absolute atomic E-state index is 0.0125. The summed E-state index contributed by atoms with van der Waals surface area (Å²) in [4.78, 5) is 31.8. The molecule has 5 nitrogen and oxygen atoms in total. The standard InChI is InChI=1S/C16H21N3O2S2/c1-10-6-11(2)8-18(7-10)13(20)9-19-15(21)14-12(4-5-23-14)17-16(19)22-3/h4-5,10-11H,6-9H2,1-3H3/t10-,11-/m1/s1. The van der Waals surface area contributed by atoms with Crippen LogP contribution in [0.1, 0.15) is 20.3 Å². The zero-order valence-electron chi connectivity index (χ0n) is 13.6. The molecule has 124 valence electrons. The molecule has 3 heterocycles. The van der Waals surface area contributed by atoms with Crippen LogP contribution in [-0.2, 0) is 11.3 Å². The number of aromatic nitrogens is 2. The highest BCUT2D eigenvalue weighted by Crippen LogP contribution is 2.22. The third-order valence-electron chi connectivity index (χ3n) is 4.23. The monoisotopic (exact) mass is 351 g/mol. The van der Waals surface area contributed by atoms with Crippen molar-refractivity contribution in [2.75, 3.05) is 19.3 Å². The lowest BCUT2D eigenvalue weighted by Crippen LogP contribution is -2.45. The van der Waals surface area contributed by atoms with E-state index in [-0.39, 0.29) is 18.0 Å². The van der Waals surface area contributed by atoms with E-state index < -0.39 is 0 Å². The van der Waals surface area contributed by atoms with E-state index in [0.717, 1.165) is 19.5 Å². The van der Waals surface area contributed by atoms with Crippen molar-refractivity contribution in [3.8, 4) is 0 Å². The molecule has 0 aromatic carbocycles. The van der Waals surface area contributed by atoms with Crippen molar-refractivity contribution in [1.82, 2.24) is 14.5 Å². The number of hydrogen-bond acceptors (Lipinski definition) is 5. The summed E-state index contributed by atoms with van der Waals surface area (Å²) in [7, 11) is 0. The maximum Gasteiger partial charge on any atom is 0.272 e. The molecule has 0 spiro atoms. The molecule has 1 aliphatic rings. The number of rotatable bonds is 3. The Kier molecular flexibility index (Phi) is 4.77. The Morgan fingerprint density at radius 3 is 2.74 bits per heavy atom. The van der Waals surface area contributed by atoms with Gasteiger partial charge >= 0.3 is 0 Å². The van der Waals surface area contributed by atoms with Gasteiger partial charge in [0.2, 0.25) is 5.91 Å². The van der Waals surface area contributed by atoms with Gasteiger partial charge in [-0.25, -0.2) is 4.98 Å².